The van der Waals surface area contributed by atoms with Crippen molar-refractivity contribution in [3.05, 3.63) is 34.4 Å². The van der Waals surface area contributed by atoms with Crippen LogP contribution in [-0.2, 0) is 29.0 Å². The first-order valence-corrected chi connectivity index (χ1v) is 5.97. The normalized spacial score (nSPS) is 9.89. The van der Waals surface area contributed by atoms with Gasteiger partial charge in [-0.2, -0.15) is 5.26 Å². The van der Waals surface area contributed by atoms with Gasteiger partial charge in [0.25, 0.3) is 0 Å². The third kappa shape index (κ3) is 3.31. The zero-order chi connectivity index (χ0) is 13.5. The maximum Gasteiger partial charge on any atom is 0.310 e. The summed E-state index contributed by atoms with van der Waals surface area (Å²) in [6.45, 7) is 3.89. The van der Waals surface area contributed by atoms with E-state index >= 15 is 0 Å². The molecule has 4 heteroatoms. The molecule has 1 N–H and O–H groups in total. The van der Waals surface area contributed by atoms with E-state index in [-0.39, 0.29) is 19.0 Å². The highest BCUT2D eigenvalue weighted by Crippen LogP contribution is 2.19. The van der Waals surface area contributed by atoms with E-state index in [9.17, 15) is 9.90 Å². The third-order valence-electron chi connectivity index (χ3n) is 2.70. The summed E-state index contributed by atoms with van der Waals surface area (Å²) in [5.74, 6) is -0.325. The summed E-state index contributed by atoms with van der Waals surface area (Å²) < 4.78 is 4.87. The Balaban J connectivity index is 3.08. The number of nitriles is 1. The SMILES string of the molecule is CCOC(=O)Cc1cc(C#N)c(CC)c(CO)c1. The molecule has 0 saturated carbocycles. The molecule has 0 aromatic heterocycles. The predicted octanol–water partition coefficient (Wildman–Crippen LogP) is 1.72. The van der Waals surface area contributed by atoms with Gasteiger partial charge in [-0.15, -0.1) is 0 Å². The first-order valence-electron chi connectivity index (χ1n) is 5.97. The summed E-state index contributed by atoms with van der Waals surface area (Å²) >= 11 is 0. The van der Waals surface area contributed by atoms with Gasteiger partial charge in [0.05, 0.1) is 31.3 Å². The van der Waals surface area contributed by atoms with E-state index in [2.05, 4.69) is 6.07 Å². The van der Waals surface area contributed by atoms with E-state index in [4.69, 9.17) is 10.00 Å². The molecule has 0 amide bonds. The van der Waals surface area contributed by atoms with E-state index < -0.39 is 0 Å². The van der Waals surface area contributed by atoms with E-state index in [1.165, 1.54) is 0 Å². The first kappa shape index (κ1) is 14.2. The van der Waals surface area contributed by atoms with Gasteiger partial charge < -0.3 is 9.84 Å². The lowest BCUT2D eigenvalue weighted by Gasteiger charge is -2.10. The Labute approximate surface area is 107 Å². The average Bonchev–Trinajstić information content (AvgIpc) is 2.37. The van der Waals surface area contributed by atoms with Crippen molar-refractivity contribution in [1.82, 2.24) is 0 Å². The summed E-state index contributed by atoms with van der Waals surface area (Å²) in [7, 11) is 0. The Morgan fingerprint density at radius 1 is 1.44 bits per heavy atom. The number of benzene rings is 1. The zero-order valence-corrected chi connectivity index (χ0v) is 10.7. The molecule has 1 aromatic carbocycles. The minimum Gasteiger partial charge on any atom is -0.466 e. The summed E-state index contributed by atoms with van der Waals surface area (Å²) in [5.41, 5.74) is 2.76. The summed E-state index contributed by atoms with van der Waals surface area (Å²) in [4.78, 5) is 11.4. The molecule has 0 fully saturated rings. The van der Waals surface area contributed by atoms with Gasteiger partial charge in [-0.05, 0) is 36.1 Å². The van der Waals surface area contributed by atoms with Crippen molar-refractivity contribution in [1.29, 1.82) is 5.26 Å². The molecule has 0 unspecified atom stereocenters. The van der Waals surface area contributed by atoms with Crippen LogP contribution in [0.4, 0.5) is 0 Å². The molecule has 0 bridgehead atoms. The maximum absolute atomic E-state index is 11.4. The number of nitrogens with zero attached hydrogens (tertiary/aromatic N) is 1. The molecule has 4 nitrogen and oxygen atoms in total. The topological polar surface area (TPSA) is 70.3 Å². The number of aliphatic hydroxyl groups excluding tert-OH is 1. The summed E-state index contributed by atoms with van der Waals surface area (Å²) in [6.07, 6.45) is 0.804. The highest BCUT2D eigenvalue weighted by Gasteiger charge is 2.11. The van der Waals surface area contributed by atoms with Crippen LogP contribution in [0.1, 0.15) is 36.1 Å². The van der Waals surface area contributed by atoms with Crippen molar-refractivity contribution < 1.29 is 14.6 Å². The number of ether oxygens (including phenoxy) is 1. The van der Waals surface area contributed by atoms with E-state index in [1.54, 1.807) is 19.1 Å². The van der Waals surface area contributed by atoms with Gasteiger partial charge >= 0.3 is 5.97 Å². The second-order valence-corrected chi connectivity index (χ2v) is 3.89. The second-order valence-electron chi connectivity index (χ2n) is 3.89. The molecule has 96 valence electrons. The average molecular weight is 247 g/mol. The third-order valence-corrected chi connectivity index (χ3v) is 2.70. The van der Waals surface area contributed by atoms with Crippen LogP contribution >= 0.6 is 0 Å². The van der Waals surface area contributed by atoms with Crippen molar-refractivity contribution in [3.63, 3.8) is 0 Å². The van der Waals surface area contributed by atoms with Crippen molar-refractivity contribution in [2.45, 2.75) is 33.3 Å². The quantitative estimate of drug-likeness (QED) is 0.804. The Morgan fingerprint density at radius 2 is 2.17 bits per heavy atom. The minimum atomic E-state index is -0.325. The number of aliphatic hydroxyl groups is 1. The fourth-order valence-corrected chi connectivity index (χ4v) is 1.94. The molecular weight excluding hydrogens is 230 g/mol. The molecule has 1 rings (SSSR count). The maximum atomic E-state index is 11.4. The van der Waals surface area contributed by atoms with E-state index in [0.717, 1.165) is 5.56 Å². The summed E-state index contributed by atoms with van der Waals surface area (Å²) in [5, 5.41) is 18.4. The smallest absolute Gasteiger partial charge is 0.310 e. The van der Waals surface area contributed by atoms with E-state index in [0.29, 0.717) is 29.7 Å². The number of rotatable bonds is 5. The van der Waals surface area contributed by atoms with Crippen LogP contribution in [0.15, 0.2) is 12.1 Å². The molecule has 18 heavy (non-hydrogen) atoms. The minimum absolute atomic E-state index is 0.125. The monoisotopic (exact) mass is 247 g/mol. The molecule has 0 radical (unpaired) electrons. The van der Waals surface area contributed by atoms with Crippen molar-refractivity contribution >= 4 is 5.97 Å². The number of hydrogen-bond acceptors (Lipinski definition) is 4. The van der Waals surface area contributed by atoms with Gasteiger partial charge in [0.1, 0.15) is 0 Å². The fraction of sp³-hybridized carbons (Fsp3) is 0.429. The molecule has 0 spiro atoms. The largest absolute Gasteiger partial charge is 0.466 e. The highest BCUT2D eigenvalue weighted by atomic mass is 16.5. The Kier molecular flexibility index (Phi) is 5.34. The molecular formula is C14H17NO3. The van der Waals surface area contributed by atoms with Gasteiger partial charge in [0, 0.05) is 0 Å². The van der Waals surface area contributed by atoms with Gasteiger partial charge in [-0.3, -0.25) is 4.79 Å². The molecule has 0 aliphatic carbocycles. The van der Waals surface area contributed by atoms with Crippen molar-refractivity contribution in [2.24, 2.45) is 0 Å². The zero-order valence-electron chi connectivity index (χ0n) is 10.7. The highest BCUT2D eigenvalue weighted by molar-refractivity contribution is 5.73. The Morgan fingerprint density at radius 3 is 2.67 bits per heavy atom. The van der Waals surface area contributed by atoms with Crippen LogP contribution in [0.2, 0.25) is 0 Å². The van der Waals surface area contributed by atoms with Gasteiger partial charge in [0.2, 0.25) is 0 Å². The molecule has 1 aromatic rings. The van der Waals surface area contributed by atoms with Gasteiger partial charge in [-0.1, -0.05) is 13.0 Å². The van der Waals surface area contributed by atoms with Crippen LogP contribution in [0, 0.1) is 11.3 Å². The van der Waals surface area contributed by atoms with Gasteiger partial charge in [-0.25, -0.2) is 0 Å². The standard InChI is InChI=1S/C14H17NO3/c1-3-13-11(8-15)5-10(6-12(13)9-16)7-14(17)18-4-2/h5-6,16H,3-4,7,9H2,1-2H3. The first-order chi connectivity index (χ1) is 8.65. The van der Waals surface area contributed by atoms with Crippen molar-refractivity contribution in [2.75, 3.05) is 6.61 Å². The molecule has 0 aliphatic heterocycles. The lowest BCUT2D eigenvalue weighted by atomic mass is 9.95. The fourth-order valence-electron chi connectivity index (χ4n) is 1.94. The Hall–Kier alpha value is -1.86. The molecule has 0 aliphatic rings. The predicted molar refractivity (Wildman–Crippen MR) is 66.8 cm³/mol. The molecule has 0 heterocycles. The molecule has 0 atom stereocenters. The van der Waals surface area contributed by atoms with Crippen LogP contribution in [0.5, 0.6) is 0 Å². The van der Waals surface area contributed by atoms with Crippen LogP contribution in [-0.4, -0.2) is 17.7 Å². The lowest BCUT2D eigenvalue weighted by molar-refractivity contribution is -0.142. The van der Waals surface area contributed by atoms with Crippen molar-refractivity contribution in [3.8, 4) is 6.07 Å². The van der Waals surface area contributed by atoms with Crippen LogP contribution in [0.25, 0.3) is 0 Å². The number of esters is 1. The number of carbonyl (C=O) groups excluding carboxylic acids is 1. The van der Waals surface area contributed by atoms with Crippen LogP contribution in [0.3, 0.4) is 0 Å². The Bertz CT molecular complexity index is 475. The molecule has 0 saturated heterocycles. The lowest BCUT2D eigenvalue weighted by Crippen LogP contribution is -2.09. The summed E-state index contributed by atoms with van der Waals surface area (Å²) in [6, 6.07) is 5.55. The van der Waals surface area contributed by atoms with E-state index in [1.807, 2.05) is 6.92 Å². The number of hydrogen-bond donors (Lipinski definition) is 1. The second kappa shape index (κ2) is 6.77. The van der Waals surface area contributed by atoms with Crippen LogP contribution < -0.4 is 0 Å². The van der Waals surface area contributed by atoms with Gasteiger partial charge in [0.15, 0.2) is 0 Å². The number of carbonyl (C=O) groups is 1.